The maximum absolute atomic E-state index is 3.76. The van der Waals surface area contributed by atoms with Crippen molar-refractivity contribution in [3.8, 4) is 0 Å². The van der Waals surface area contributed by atoms with Gasteiger partial charge in [-0.25, -0.2) is 0 Å². The summed E-state index contributed by atoms with van der Waals surface area (Å²) in [6.45, 7) is 17.1. The second kappa shape index (κ2) is 6.36. The molecule has 1 heterocycles. The summed E-state index contributed by atoms with van der Waals surface area (Å²) >= 11 is 0. The van der Waals surface area contributed by atoms with Crippen molar-refractivity contribution < 1.29 is 0 Å². The van der Waals surface area contributed by atoms with E-state index in [1.807, 2.05) is 0 Å². The molecule has 1 aliphatic carbocycles. The Hall–Kier alpha value is -0.0800. The third kappa shape index (κ3) is 4.46. The van der Waals surface area contributed by atoms with Crippen LogP contribution < -0.4 is 5.32 Å². The monoisotopic (exact) mass is 280 g/mol. The van der Waals surface area contributed by atoms with Crippen LogP contribution in [0.3, 0.4) is 0 Å². The third-order valence-electron chi connectivity index (χ3n) is 5.45. The predicted octanol–water partition coefficient (Wildman–Crippen LogP) is 3.91. The van der Waals surface area contributed by atoms with Crippen molar-refractivity contribution in [2.45, 2.75) is 72.8 Å². The summed E-state index contributed by atoms with van der Waals surface area (Å²) in [5, 5.41) is 3.76. The first-order chi connectivity index (χ1) is 9.31. The molecule has 2 unspecified atom stereocenters. The van der Waals surface area contributed by atoms with Crippen molar-refractivity contribution in [1.29, 1.82) is 0 Å². The molecule has 0 aromatic rings. The minimum absolute atomic E-state index is 0.524. The zero-order valence-corrected chi connectivity index (χ0v) is 14.5. The Bertz CT molecular complexity index is 309. The summed E-state index contributed by atoms with van der Waals surface area (Å²) in [6.07, 6.45) is 6.92. The van der Waals surface area contributed by atoms with Gasteiger partial charge in [-0.2, -0.15) is 0 Å². The van der Waals surface area contributed by atoms with E-state index in [1.165, 1.54) is 51.7 Å². The van der Waals surface area contributed by atoms with Crippen LogP contribution in [0.25, 0.3) is 0 Å². The van der Waals surface area contributed by atoms with E-state index < -0.39 is 0 Å². The van der Waals surface area contributed by atoms with Crippen LogP contribution in [0, 0.1) is 16.7 Å². The fraction of sp³-hybridized carbons (Fsp3) is 1.00. The van der Waals surface area contributed by atoms with E-state index in [0.717, 1.165) is 18.5 Å². The van der Waals surface area contributed by atoms with E-state index in [-0.39, 0.29) is 0 Å². The summed E-state index contributed by atoms with van der Waals surface area (Å²) in [5.74, 6) is 0.840. The normalized spacial score (nSPS) is 34.0. The van der Waals surface area contributed by atoms with Crippen molar-refractivity contribution >= 4 is 0 Å². The Balaban J connectivity index is 1.96. The van der Waals surface area contributed by atoms with Gasteiger partial charge in [-0.1, -0.05) is 34.6 Å². The second-order valence-corrected chi connectivity index (χ2v) is 8.83. The fourth-order valence-corrected chi connectivity index (χ4v) is 4.49. The number of nitrogens with zero attached hydrogens (tertiary/aromatic N) is 1. The zero-order valence-electron chi connectivity index (χ0n) is 14.5. The summed E-state index contributed by atoms with van der Waals surface area (Å²) in [7, 11) is 0. The Morgan fingerprint density at radius 1 is 1.10 bits per heavy atom. The first-order valence-electron chi connectivity index (χ1n) is 8.77. The van der Waals surface area contributed by atoms with Gasteiger partial charge in [0.2, 0.25) is 0 Å². The lowest BCUT2D eigenvalue weighted by Crippen LogP contribution is -2.50. The average molecular weight is 280 g/mol. The number of hydrogen-bond acceptors (Lipinski definition) is 2. The molecule has 2 rings (SSSR count). The van der Waals surface area contributed by atoms with Gasteiger partial charge in [0.05, 0.1) is 0 Å². The van der Waals surface area contributed by atoms with Crippen LogP contribution >= 0.6 is 0 Å². The molecule has 2 fully saturated rings. The van der Waals surface area contributed by atoms with Crippen molar-refractivity contribution in [2.24, 2.45) is 16.7 Å². The number of rotatable bonds is 4. The van der Waals surface area contributed by atoms with Crippen LogP contribution in [-0.4, -0.2) is 37.1 Å². The number of piperidine rings is 1. The summed E-state index contributed by atoms with van der Waals surface area (Å²) in [4.78, 5) is 2.75. The number of likely N-dealkylation sites (tertiary alicyclic amines) is 1. The molecule has 0 bridgehead atoms. The molecule has 0 aromatic carbocycles. The maximum atomic E-state index is 3.76. The van der Waals surface area contributed by atoms with Gasteiger partial charge in [0.15, 0.2) is 0 Å². The Morgan fingerprint density at radius 2 is 1.85 bits per heavy atom. The minimum atomic E-state index is 0.524. The van der Waals surface area contributed by atoms with E-state index in [2.05, 4.69) is 44.8 Å². The van der Waals surface area contributed by atoms with Crippen LogP contribution in [-0.2, 0) is 0 Å². The highest BCUT2D eigenvalue weighted by Gasteiger charge is 2.36. The summed E-state index contributed by atoms with van der Waals surface area (Å²) in [6, 6.07) is 0.748. The first kappa shape index (κ1) is 16.3. The van der Waals surface area contributed by atoms with Crippen LogP contribution in [0.2, 0.25) is 0 Å². The highest BCUT2D eigenvalue weighted by atomic mass is 15.1. The SMILES string of the molecule is CCNC1CCC(C)(C)CC1CN1CCCC(C)(C)C1. The highest BCUT2D eigenvalue weighted by Crippen LogP contribution is 2.40. The van der Waals surface area contributed by atoms with Crippen LogP contribution in [0.5, 0.6) is 0 Å². The summed E-state index contributed by atoms with van der Waals surface area (Å²) in [5.41, 5.74) is 1.07. The molecule has 1 saturated carbocycles. The first-order valence-corrected chi connectivity index (χ1v) is 8.77. The lowest BCUT2D eigenvalue weighted by atomic mass is 9.69. The van der Waals surface area contributed by atoms with Gasteiger partial charge in [0, 0.05) is 19.1 Å². The standard InChI is InChI=1S/C18H36N2/c1-6-19-16-8-10-17(2,3)12-15(16)13-20-11-7-9-18(4,5)14-20/h15-16,19H,6-14H2,1-5H3. The molecule has 2 atom stereocenters. The zero-order chi connectivity index (χ0) is 14.8. The van der Waals surface area contributed by atoms with Crippen LogP contribution in [0.15, 0.2) is 0 Å². The summed E-state index contributed by atoms with van der Waals surface area (Å²) < 4.78 is 0. The van der Waals surface area contributed by atoms with Crippen molar-refractivity contribution in [3.63, 3.8) is 0 Å². The van der Waals surface area contributed by atoms with Gasteiger partial charge in [0.1, 0.15) is 0 Å². The molecule has 0 aromatic heterocycles. The Labute approximate surface area is 126 Å². The predicted molar refractivity (Wildman–Crippen MR) is 88.0 cm³/mol. The van der Waals surface area contributed by atoms with Crippen LogP contribution in [0.1, 0.15) is 66.7 Å². The number of hydrogen-bond donors (Lipinski definition) is 1. The molecule has 118 valence electrons. The molecule has 0 amide bonds. The van der Waals surface area contributed by atoms with E-state index in [9.17, 15) is 0 Å². The van der Waals surface area contributed by atoms with Gasteiger partial charge < -0.3 is 10.2 Å². The molecule has 2 aliphatic rings. The average Bonchev–Trinajstić information content (AvgIpc) is 2.31. The van der Waals surface area contributed by atoms with Gasteiger partial charge in [0.25, 0.3) is 0 Å². The maximum Gasteiger partial charge on any atom is 0.0108 e. The molecule has 0 spiro atoms. The second-order valence-electron chi connectivity index (χ2n) is 8.83. The highest BCUT2D eigenvalue weighted by molar-refractivity contribution is 4.91. The molecule has 20 heavy (non-hydrogen) atoms. The third-order valence-corrected chi connectivity index (χ3v) is 5.45. The lowest BCUT2D eigenvalue weighted by molar-refractivity contribution is 0.0593. The van der Waals surface area contributed by atoms with Crippen molar-refractivity contribution in [3.05, 3.63) is 0 Å². The van der Waals surface area contributed by atoms with E-state index in [1.54, 1.807) is 0 Å². The molecule has 1 aliphatic heterocycles. The fourth-order valence-electron chi connectivity index (χ4n) is 4.49. The molecule has 1 saturated heterocycles. The molecule has 2 heteroatoms. The van der Waals surface area contributed by atoms with E-state index >= 15 is 0 Å². The van der Waals surface area contributed by atoms with E-state index in [0.29, 0.717) is 10.8 Å². The molecular weight excluding hydrogens is 244 g/mol. The van der Waals surface area contributed by atoms with Gasteiger partial charge in [-0.05, 0) is 61.9 Å². The van der Waals surface area contributed by atoms with Crippen LogP contribution in [0.4, 0.5) is 0 Å². The quantitative estimate of drug-likeness (QED) is 0.840. The Morgan fingerprint density at radius 3 is 2.50 bits per heavy atom. The van der Waals surface area contributed by atoms with Gasteiger partial charge >= 0.3 is 0 Å². The minimum Gasteiger partial charge on any atom is -0.314 e. The molecular formula is C18H36N2. The smallest absolute Gasteiger partial charge is 0.0108 e. The molecule has 2 nitrogen and oxygen atoms in total. The van der Waals surface area contributed by atoms with Gasteiger partial charge in [-0.15, -0.1) is 0 Å². The largest absolute Gasteiger partial charge is 0.314 e. The number of nitrogens with one attached hydrogen (secondary N) is 1. The van der Waals surface area contributed by atoms with E-state index in [4.69, 9.17) is 0 Å². The van der Waals surface area contributed by atoms with Crippen molar-refractivity contribution in [1.82, 2.24) is 10.2 Å². The lowest BCUT2D eigenvalue weighted by Gasteiger charge is -2.45. The topological polar surface area (TPSA) is 15.3 Å². The van der Waals surface area contributed by atoms with Gasteiger partial charge in [-0.3, -0.25) is 0 Å². The molecule has 0 radical (unpaired) electrons. The Kier molecular flexibility index (Phi) is 5.18. The molecule has 1 N–H and O–H groups in total. The van der Waals surface area contributed by atoms with Crippen molar-refractivity contribution in [2.75, 3.05) is 26.2 Å².